The molecular formula is C12H22O3. The second-order valence-electron chi connectivity index (χ2n) is 3.63. The molecule has 0 aliphatic rings. The average Bonchev–Trinajstić information content (AvgIpc) is 2.22. The Kier molecular flexibility index (Phi) is 8.01. The van der Waals surface area contributed by atoms with Gasteiger partial charge >= 0.3 is 5.97 Å². The second-order valence-corrected chi connectivity index (χ2v) is 3.63. The number of ether oxygens (including phenoxy) is 2. The topological polar surface area (TPSA) is 35.5 Å². The number of hydrogen-bond donors (Lipinski definition) is 0. The molecule has 0 amide bonds. The molecule has 0 aliphatic carbocycles. The maximum atomic E-state index is 11.1. The Morgan fingerprint density at radius 1 is 1.40 bits per heavy atom. The van der Waals surface area contributed by atoms with Crippen molar-refractivity contribution in [2.45, 2.75) is 46.1 Å². The molecule has 0 saturated carbocycles. The van der Waals surface area contributed by atoms with Gasteiger partial charge in [-0.2, -0.15) is 0 Å². The van der Waals surface area contributed by atoms with Crippen LogP contribution >= 0.6 is 0 Å². The van der Waals surface area contributed by atoms with Crippen LogP contribution in [0.2, 0.25) is 0 Å². The van der Waals surface area contributed by atoms with E-state index in [-0.39, 0.29) is 12.1 Å². The van der Waals surface area contributed by atoms with Crippen molar-refractivity contribution >= 4 is 5.97 Å². The summed E-state index contributed by atoms with van der Waals surface area (Å²) in [6, 6.07) is 0. The Labute approximate surface area is 92.5 Å². The van der Waals surface area contributed by atoms with Gasteiger partial charge in [-0.1, -0.05) is 26.8 Å². The van der Waals surface area contributed by atoms with E-state index in [1.165, 1.54) is 0 Å². The molecule has 0 aromatic rings. The Morgan fingerprint density at radius 2 is 2.07 bits per heavy atom. The van der Waals surface area contributed by atoms with Crippen LogP contribution in [-0.2, 0) is 14.3 Å². The van der Waals surface area contributed by atoms with Gasteiger partial charge in [0.05, 0.1) is 6.10 Å². The van der Waals surface area contributed by atoms with Crippen LogP contribution in [0.5, 0.6) is 0 Å². The number of unbranched alkanes of at least 4 members (excludes halogenated alkanes) is 1. The molecule has 88 valence electrons. The van der Waals surface area contributed by atoms with Crippen molar-refractivity contribution in [3.8, 4) is 0 Å². The van der Waals surface area contributed by atoms with Crippen LogP contribution in [0.15, 0.2) is 12.2 Å². The zero-order valence-corrected chi connectivity index (χ0v) is 10.0. The molecule has 0 fully saturated rings. The first kappa shape index (κ1) is 14.2. The van der Waals surface area contributed by atoms with Crippen LogP contribution in [0.3, 0.4) is 0 Å². The molecule has 1 atom stereocenters. The Balaban J connectivity index is 3.69. The van der Waals surface area contributed by atoms with Gasteiger partial charge in [-0.05, 0) is 19.8 Å². The first-order valence-electron chi connectivity index (χ1n) is 5.56. The van der Waals surface area contributed by atoms with E-state index in [0.717, 1.165) is 25.9 Å². The van der Waals surface area contributed by atoms with Crippen LogP contribution in [-0.4, -0.2) is 25.3 Å². The molecule has 0 aromatic carbocycles. The quantitative estimate of drug-likeness (QED) is 0.354. The van der Waals surface area contributed by atoms with Crippen LogP contribution < -0.4 is 0 Å². The van der Waals surface area contributed by atoms with E-state index < -0.39 is 0 Å². The fourth-order valence-corrected chi connectivity index (χ4v) is 0.970. The van der Waals surface area contributed by atoms with Crippen molar-refractivity contribution in [2.75, 3.05) is 13.2 Å². The van der Waals surface area contributed by atoms with E-state index >= 15 is 0 Å². The van der Waals surface area contributed by atoms with Crippen molar-refractivity contribution in [3.63, 3.8) is 0 Å². The van der Waals surface area contributed by atoms with Gasteiger partial charge in [0, 0.05) is 12.2 Å². The standard InChI is InChI=1S/C12H22O3/c1-5-7-8-14-11(6-2)9-15-12(13)10(3)4/h11H,3,5-9H2,1-2,4H3. The Bertz CT molecular complexity index is 199. The molecule has 0 saturated heterocycles. The van der Waals surface area contributed by atoms with Crippen molar-refractivity contribution in [3.05, 3.63) is 12.2 Å². The van der Waals surface area contributed by atoms with Crippen molar-refractivity contribution in [1.29, 1.82) is 0 Å². The maximum absolute atomic E-state index is 11.1. The van der Waals surface area contributed by atoms with Crippen molar-refractivity contribution in [2.24, 2.45) is 0 Å². The van der Waals surface area contributed by atoms with Crippen LogP contribution in [0.4, 0.5) is 0 Å². The highest BCUT2D eigenvalue weighted by atomic mass is 16.6. The van der Waals surface area contributed by atoms with Crippen LogP contribution in [0.25, 0.3) is 0 Å². The average molecular weight is 214 g/mol. The Hall–Kier alpha value is -0.830. The summed E-state index contributed by atoms with van der Waals surface area (Å²) in [5, 5.41) is 0. The van der Waals surface area contributed by atoms with E-state index in [9.17, 15) is 4.79 Å². The first-order chi connectivity index (χ1) is 7.11. The van der Waals surface area contributed by atoms with E-state index in [0.29, 0.717) is 12.2 Å². The summed E-state index contributed by atoms with van der Waals surface area (Å²) in [5.74, 6) is -0.340. The predicted molar refractivity (Wildman–Crippen MR) is 60.7 cm³/mol. The highest BCUT2D eigenvalue weighted by Gasteiger charge is 2.10. The molecule has 0 bridgehead atoms. The molecule has 0 aliphatic heterocycles. The van der Waals surface area contributed by atoms with Gasteiger partial charge in [-0.15, -0.1) is 0 Å². The summed E-state index contributed by atoms with van der Waals surface area (Å²) in [7, 11) is 0. The molecule has 1 unspecified atom stereocenters. The number of carbonyl (C=O) groups is 1. The normalized spacial score (nSPS) is 12.2. The summed E-state index contributed by atoms with van der Waals surface area (Å²) >= 11 is 0. The molecule has 0 N–H and O–H groups in total. The zero-order chi connectivity index (χ0) is 11.7. The lowest BCUT2D eigenvalue weighted by Crippen LogP contribution is -2.22. The Morgan fingerprint density at radius 3 is 2.53 bits per heavy atom. The monoisotopic (exact) mass is 214 g/mol. The SMILES string of the molecule is C=C(C)C(=O)OCC(CC)OCCCC. The fourth-order valence-electron chi connectivity index (χ4n) is 0.970. The lowest BCUT2D eigenvalue weighted by Gasteiger charge is -2.15. The summed E-state index contributed by atoms with van der Waals surface area (Å²) in [6.45, 7) is 10.4. The van der Waals surface area contributed by atoms with Crippen LogP contribution in [0, 0.1) is 0 Å². The van der Waals surface area contributed by atoms with Gasteiger partial charge in [-0.3, -0.25) is 0 Å². The summed E-state index contributed by atoms with van der Waals surface area (Å²) in [4.78, 5) is 11.1. The van der Waals surface area contributed by atoms with Gasteiger partial charge < -0.3 is 9.47 Å². The molecule has 0 heterocycles. The number of rotatable bonds is 8. The third-order valence-electron chi connectivity index (χ3n) is 2.06. The minimum Gasteiger partial charge on any atom is -0.460 e. The lowest BCUT2D eigenvalue weighted by atomic mass is 10.3. The van der Waals surface area contributed by atoms with E-state index in [4.69, 9.17) is 9.47 Å². The molecule has 3 nitrogen and oxygen atoms in total. The molecule has 3 heteroatoms. The summed E-state index contributed by atoms with van der Waals surface area (Å²) in [5.41, 5.74) is 0.429. The van der Waals surface area contributed by atoms with Gasteiger partial charge in [-0.25, -0.2) is 4.79 Å². The van der Waals surface area contributed by atoms with E-state index in [2.05, 4.69) is 13.5 Å². The van der Waals surface area contributed by atoms with Crippen molar-refractivity contribution < 1.29 is 14.3 Å². The van der Waals surface area contributed by atoms with Gasteiger partial charge in [0.25, 0.3) is 0 Å². The van der Waals surface area contributed by atoms with Gasteiger partial charge in [0.1, 0.15) is 6.61 Å². The molecule has 0 rings (SSSR count). The lowest BCUT2D eigenvalue weighted by molar-refractivity contribution is -0.143. The molecule has 0 aromatic heterocycles. The highest BCUT2D eigenvalue weighted by molar-refractivity contribution is 5.86. The molecule has 0 radical (unpaired) electrons. The minimum absolute atomic E-state index is 0.0137. The van der Waals surface area contributed by atoms with E-state index in [1.807, 2.05) is 6.92 Å². The predicted octanol–water partition coefficient (Wildman–Crippen LogP) is 2.70. The number of carbonyl (C=O) groups excluding carboxylic acids is 1. The minimum atomic E-state index is -0.340. The highest BCUT2D eigenvalue weighted by Crippen LogP contribution is 2.03. The van der Waals surface area contributed by atoms with Gasteiger partial charge in [0.2, 0.25) is 0 Å². The fraction of sp³-hybridized carbons (Fsp3) is 0.750. The third-order valence-corrected chi connectivity index (χ3v) is 2.06. The van der Waals surface area contributed by atoms with Gasteiger partial charge in [0.15, 0.2) is 0 Å². The summed E-state index contributed by atoms with van der Waals surface area (Å²) < 4.78 is 10.6. The smallest absolute Gasteiger partial charge is 0.333 e. The second kappa shape index (κ2) is 8.48. The molecule has 0 spiro atoms. The summed E-state index contributed by atoms with van der Waals surface area (Å²) in [6.07, 6.45) is 3.03. The van der Waals surface area contributed by atoms with Crippen LogP contribution in [0.1, 0.15) is 40.0 Å². The maximum Gasteiger partial charge on any atom is 0.333 e. The van der Waals surface area contributed by atoms with E-state index in [1.54, 1.807) is 6.92 Å². The molecule has 15 heavy (non-hydrogen) atoms. The number of hydrogen-bond acceptors (Lipinski definition) is 3. The largest absolute Gasteiger partial charge is 0.460 e. The molecular weight excluding hydrogens is 192 g/mol. The zero-order valence-electron chi connectivity index (χ0n) is 10.0. The van der Waals surface area contributed by atoms with Crippen molar-refractivity contribution in [1.82, 2.24) is 0 Å². The first-order valence-corrected chi connectivity index (χ1v) is 5.56. The third kappa shape index (κ3) is 7.14. The number of esters is 1.